The van der Waals surface area contributed by atoms with Crippen LogP contribution < -0.4 is 5.32 Å². The zero-order chi connectivity index (χ0) is 11.9. The lowest BCUT2D eigenvalue weighted by Gasteiger charge is -2.10. The molecule has 0 spiro atoms. The molecule has 0 radical (unpaired) electrons. The van der Waals surface area contributed by atoms with Gasteiger partial charge in [0.25, 0.3) is 0 Å². The van der Waals surface area contributed by atoms with E-state index in [-0.39, 0.29) is 5.82 Å². The molecule has 1 aliphatic rings. The van der Waals surface area contributed by atoms with Gasteiger partial charge in [0.1, 0.15) is 5.82 Å². The van der Waals surface area contributed by atoms with Crippen LogP contribution in [0.15, 0.2) is 18.3 Å². The molecule has 2 heterocycles. The number of halogens is 1. The monoisotopic (exact) mass is 252 g/mol. The van der Waals surface area contributed by atoms with Gasteiger partial charge in [0.05, 0.1) is 6.20 Å². The van der Waals surface area contributed by atoms with E-state index in [1.54, 1.807) is 6.07 Å². The topological polar surface area (TPSA) is 42.2 Å². The molecule has 1 N–H and O–H groups in total. The van der Waals surface area contributed by atoms with E-state index in [1.807, 2.05) is 11.8 Å². The highest BCUT2D eigenvalue weighted by atomic mass is 32.2. The number of pyridine rings is 1. The first-order valence-corrected chi connectivity index (χ1v) is 6.74. The van der Waals surface area contributed by atoms with Crippen LogP contribution in [0.5, 0.6) is 0 Å². The van der Waals surface area contributed by atoms with Gasteiger partial charge in [0.2, 0.25) is 5.95 Å². The van der Waals surface area contributed by atoms with Crippen LogP contribution in [0.4, 0.5) is 10.3 Å². The molecule has 0 saturated heterocycles. The van der Waals surface area contributed by atoms with Crippen LogP contribution in [-0.2, 0) is 0 Å². The fraction of sp³-hybridized carbons (Fsp3) is 0.455. The van der Waals surface area contributed by atoms with Crippen molar-refractivity contribution in [2.24, 2.45) is 0 Å². The third-order valence-corrected chi connectivity index (χ3v) is 4.52. The average Bonchev–Trinajstić information content (AvgIpc) is 3.00. The van der Waals surface area contributed by atoms with Gasteiger partial charge < -0.3 is 5.32 Å². The number of hydrogen-bond acceptors (Lipinski definition) is 4. The lowest BCUT2D eigenvalue weighted by atomic mass is 10.4. The molecule has 0 aromatic carbocycles. The van der Waals surface area contributed by atoms with Gasteiger partial charge in [-0.1, -0.05) is 0 Å². The first-order chi connectivity index (χ1) is 8.21. The molecule has 90 valence electrons. The van der Waals surface area contributed by atoms with Gasteiger partial charge in [-0.25, -0.2) is 8.91 Å². The van der Waals surface area contributed by atoms with Crippen molar-refractivity contribution in [1.29, 1.82) is 0 Å². The van der Waals surface area contributed by atoms with Gasteiger partial charge in [0, 0.05) is 11.3 Å². The van der Waals surface area contributed by atoms with Crippen molar-refractivity contribution in [2.45, 2.75) is 17.6 Å². The Hall–Kier alpha value is -1.30. The summed E-state index contributed by atoms with van der Waals surface area (Å²) in [6.45, 7) is 0.869. The summed E-state index contributed by atoms with van der Waals surface area (Å²) in [6, 6.07) is 3.01. The smallest absolute Gasteiger partial charge is 0.243 e. The fourth-order valence-electron chi connectivity index (χ4n) is 1.77. The van der Waals surface area contributed by atoms with Crippen molar-refractivity contribution in [3.8, 4) is 0 Å². The summed E-state index contributed by atoms with van der Waals surface area (Å²) in [7, 11) is 0. The van der Waals surface area contributed by atoms with Crippen molar-refractivity contribution >= 4 is 23.4 Å². The number of fused-ring (bicyclic) bond motifs is 1. The number of aromatic nitrogens is 3. The standard InChI is InChI=1S/C11H13FN4S/c1-17-11(4-5-11)7-13-10-14-9-3-2-8(12)6-16(9)15-10/h2-3,6H,4-5,7H2,1H3,(H,13,15). The number of thioether (sulfide) groups is 1. The molecule has 2 aromatic heterocycles. The Morgan fingerprint density at radius 3 is 3.06 bits per heavy atom. The number of nitrogens with zero attached hydrogens (tertiary/aromatic N) is 3. The largest absolute Gasteiger partial charge is 0.352 e. The van der Waals surface area contributed by atoms with Crippen LogP contribution >= 0.6 is 11.8 Å². The summed E-state index contributed by atoms with van der Waals surface area (Å²) < 4.78 is 14.8. The predicted octanol–water partition coefficient (Wildman–Crippen LogP) is 2.18. The highest BCUT2D eigenvalue weighted by Gasteiger charge is 2.41. The van der Waals surface area contributed by atoms with E-state index >= 15 is 0 Å². The Balaban J connectivity index is 1.77. The molecule has 2 aromatic rings. The normalized spacial score (nSPS) is 17.3. The van der Waals surface area contributed by atoms with E-state index in [0.717, 1.165) is 6.54 Å². The van der Waals surface area contributed by atoms with Gasteiger partial charge in [-0.2, -0.15) is 16.7 Å². The summed E-state index contributed by atoms with van der Waals surface area (Å²) in [5.41, 5.74) is 0.655. The van der Waals surface area contributed by atoms with Gasteiger partial charge in [-0.3, -0.25) is 0 Å². The first kappa shape index (κ1) is 10.8. The Morgan fingerprint density at radius 1 is 1.53 bits per heavy atom. The third kappa shape index (κ3) is 2.09. The van der Waals surface area contributed by atoms with Crippen molar-refractivity contribution in [1.82, 2.24) is 14.6 Å². The molecule has 1 aliphatic carbocycles. The van der Waals surface area contributed by atoms with Gasteiger partial charge in [0.15, 0.2) is 5.65 Å². The van der Waals surface area contributed by atoms with E-state index in [0.29, 0.717) is 16.3 Å². The molecule has 6 heteroatoms. The second kappa shape index (κ2) is 3.87. The number of hydrogen-bond donors (Lipinski definition) is 1. The van der Waals surface area contributed by atoms with Crippen LogP contribution in [0.25, 0.3) is 5.65 Å². The molecular formula is C11H13FN4S. The summed E-state index contributed by atoms with van der Waals surface area (Å²) in [5, 5.41) is 7.40. The van der Waals surface area contributed by atoms with Gasteiger partial charge in [-0.05, 0) is 31.2 Å². The summed E-state index contributed by atoms with van der Waals surface area (Å²) in [6.07, 6.45) is 5.93. The van der Waals surface area contributed by atoms with Crippen LogP contribution in [0.3, 0.4) is 0 Å². The molecule has 0 atom stereocenters. The molecule has 3 rings (SSSR count). The second-order valence-electron chi connectivity index (χ2n) is 4.33. The number of anilines is 1. The van der Waals surface area contributed by atoms with E-state index in [1.165, 1.54) is 29.6 Å². The number of nitrogens with one attached hydrogen (secondary N) is 1. The highest BCUT2D eigenvalue weighted by molar-refractivity contribution is 8.00. The number of rotatable bonds is 4. The minimum atomic E-state index is -0.309. The van der Waals surface area contributed by atoms with Crippen molar-refractivity contribution < 1.29 is 4.39 Å². The van der Waals surface area contributed by atoms with Crippen LogP contribution in [-0.4, -0.2) is 32.1 Å². The quantitative estimate of drug-likeness (QED) is 0.905. The molecule has 1 saturated carbocycles. The molecule has 4 nitrogen and oxygen atoms in total. The average molecular weight is 252 g/mol. The Kier molecular flexibility index (Phi) is 2.47. The van der Waals surface area contributed by atoms with Crippen molar-refractivity contribution in [3.05, 3.63) is 24.1 Å². The van der Waals surface area contributed by atoms with Crippen molar-refractivity contribution in [2.75, 3.05) is 18.1 Å². The summed E-state index contributed by atoms with van der Waals surface area (Å²) in [4.78, 5) is 4.28. The zero-order valence-electron chi connectivity index (χ0n) is 9.48. The lowest BCUT2D eigenvalue weighted by molar-refractivity contribution is 0.615. The van der Waals surface area contributed by atoms with Crippen LogP contribution in [0, 0.1) is 5.82 Å². The molecule has 1 fully saturated rings. The maximum Gasteiger partial charge on any atom is 0.243 e. The predicted molar refractivity (Wildman–Crippen MR) is 66.9 cm³/mol. The first-order valence-electron chi connectivity index (χ1n) is 5.52. The molecule has 0 bridgehead atoms. The molecule has 0 unspecified atom stereocenters. The second-order valence-corrected chi connectivity index (χ2v) is 5.60. The van der Waals surface area contributed by atoms with E-state index < -0.39 is 0 Å². The van der Waals surface area contributed by atoms with Crippen LogP contribution in [0.2, 0.25) is 0 Å². The Bertz CT molecular complexity index is 549. The minimum absolute atomic E-state index is 0.309. The summed E-state index contributed by atoms with van der Waals surface area (Å²) >= 11 is 1.88. The van der Waals surface area contributed by atoms with E-state index in [4.69, 9.17) is 0 Å². The summed E-state index contributed by atoms with van der Waals surface area (Å²) in [5.74, 6) is 0.257. The molecule has 17 heavy (non-hydrogen) atoms. The van der Waals surface area contributed by atoms with E-state index in [2.05, 4.69) is 21.7 Å². The highest BCUT2D eigenvalue weighted by Crippen LogP contribution is 2.46. The molecule has 0 amide bonds. The Labute approximate surface area is 103 Å². The Morgan fingerprint density at radius 2 is 2.35 bits per heavy atom. The maximum atomic E-state index is 13.0. The fourth-order valence-corrected chi connectivity index (χ4v) is 2.49. The lowest BCUT2D eigenvalue weighted by Crippen LogP contribution is -2.18. The zero-order valence-corrected chi connectivity index (χ0v) is 10.3. The van der Waals surface area contributed by atoms with Gasteiger partial charge >= 0.3 is 0 Å². The van der Waals surface area contributed by atoms with Crippen LogP contribution in [0.1, 0.15) is 12.8 Å². The molecule has 0 aliphatic heterocycles. The third-order valence-electron chi connectivity index (χ3n) is 3.10. The molecular weight excluding hydrogens is 239 g/mol. The SMILES string of the molecule is CSC1(CNc2nc3ccc(F)cn3n2)CC1. The van der Waals surface area contributed by atoms with Crippen molar-refractivity contribution in [3.63, 3.8) is 0 Å². The van der Waals surface area contributed by atoms with E-state index in [9.17, 15) is 4.39 Å². The maximum absolute atomic E-state index is 13.0. The van der Waals surface area contributed by atoms with Gasteiger partial charge in [-0.15, -0.1) is 5.10 Å². The minimum Gasteiger partial charge on any atom is -0.352 e.